The summed E-state index contributed by atoms with van der Waals surface area (Å²) in [6.45, 7) is 6.42. The number of carbonyl (C=O) groups is 1. The zero-order valence-electron chi connectivity index (χ0n) is 15.8. The van der Waals surface area contributed by atoms with Gasteiger partial charge in [0, 0.05) is 31.2 Å². The maximum atomic E-state index is 12.1. The molecule has 142 valence electrons. The van der Waals surface area contributed by atoms with Gasteiger partial charge in [-0.1, -0.05) is 12.1 Å². The highest BCUT2D eigenvalue weighted by Crippen LogP contribution is 2.39. The van der Waals surface area contributed by atoms with Gasteiger partial charge >= 0.3 is 5.97 Å². The number of hydroxylamine groups is 2. The van der Waals surface area contributed by atoms with Crippen molar-refractivity contribution in [2.75, 3.05) is 19.3 Å². The molecule has 0 radical (unpaired) electrons. The highest BCUT2D eigenvalue weighted by atomic mass is 32.2. The Kier molecular flexibility index (Phi) is 5.79. The van der Waals surface area contributed by atoms with Gasteiger partial charge in [-0.25, -0.2) is 13.2 Å². The smallest absolute Gasteiger partial charge is 0.330 e. The molecule has 26 heavy (non-hydrogen) atoms. The Hall–Kier alpha value is -1.91. The first-order valence-electron chi connectivity index (χ1n) is 8.63. The molecular weight excluding hydrogens is 352 g/mol. The van der Waals surface area contributed by atoms with Crippen LogP contribution in [0.25, 0.3) is 0 Å². The Balaban J connectivity index is 2.21. The Labute approximate surface area is 155 Å². The van der Waals surface area contributed by atoms with Gasteiger partial charge in [0.05, 0.1) is 16.4 Å². The molecule has 0 saturated carbocycles. The van der Waals surface area contributed by atoms with Crippen LogP contribution in [0.5, 0.6) is 0 Å². The van der Waals surface area contributed by atoms with Crippen molar-refractivity contribution < 1.29 is 18.0 Å². The summed E-state index contributed by atoms with van der Waals surface area (Å²) in [5, 5.41) is 11.0. The van der Waals surface area contributed by atoms with Crippen molar-refractivity contribution in [3.05, 3.63) is 29.8 Å². The van der Waals surface area contributed by atoms with E-state index in [1.807, 2.05) is 6.07 Å². The third-order valence-electron chi connectivity index (χ3n) is 4.80. The maximum Gasteiger partial charge on any atom is 0.330 e. The molecule has 1 heterocycles. The number of hydrogen-bond acceptors (Lipinski definition) is 6. The molecule has 0 N–H and O–H groups in total. The van der Waals surface area contributed by atoms with Crippen LogP contribution in [0.3, 0.4) is 0 Å². The topological polar surface area (TPSA) is 87.5 Å². The monoisotopic (exact) mass is 378 g/mol. The minimum Gasteiger partial charge on any atom is -0.367 e. The summed E-state index contributed by atoms with van der Waals surface area (Å²) in [5.74, 6) is -0.288. The van der Waals surface area contributed by atoms with E-state index in [9.17, 15) is 18.5 Å². The molecule has 1 aliphatic rings. The van der Waals surface area contributed by atoms with Crippen LogP contribution in [0.2, 0.25) is 0 Å². The van der Waals surface area contributed by atoms with Crippen molar-refractivity contribution in [2.45, 2.75) is 50.3 Å². The van der Waals surface area contributed by atoms with Gasteiger partial charge in [0.2, 0.25) is 0 Å². The van der Waals surface area contributed by atoms with E-state index < -0.39 is 20.7 Å². The minimum absolute atomic E-state index is 0.258. The van der Waals surface area contributed by atoms with Crippen LogP contribution < -0.4 is 0 Å². The Morgan fingerprint density at radius 3 is 2.42 bits per heavy atom. The summed E-state index contributed by atoms with van der Waals surface area (Å²) in [5.41, 5.74) is -0.158. The van der Waals surface area contributed by atoms with E-state index in [-0.39, 0.29) is 10.9 Å². The largest absolute Gasteiger partial charge is 0.367 e. The molecule has 1 saturated heterocycles. The quantitative estimate of drug-likeness (QED) is 0.801. The van der Waals surface area contributed by atoms with E-state index in [1.165, 1.54) is 6.26 Å². The zero-order chi connectivity index (χ0) is 19.6. The molecule has 0 aliphatic carbocycles. The molecule has 7 heteroatoms. The molecule has 0 spiro atoms. The number of nitrogens with zero attached hydrogens (tertiary/aromatic N) is 2. The fourth-order valence-corrected chi connectivity index (χ4v) is 3.70. The van der Waals surface area contributed by atoms with Gasteiger partial charge in [0.1, 0.15) is 0 Å². The molecule has 0 bridgehead atoms. The predicted octanol–water partition coefficient (Wildman–Crippen LogP) is 2.84. The van der Waals surface area contributed by atoms with Gasteiger partial charge in [0.15, 0.2) is 9.84 Å². The predicted molar refractivity (Wildman–Crippen MR) is 97.8 cm³/mol. The van der Waals surface area contributed by atoms with E-state index in [2.05, 4.69) is 6.07 Å². The number of sulfone groups is 1. The van der Waals surface area contributed by atoms with E-state index in [4.69, 9.17) is 4.84 Å². The van der Waals surface area contributed by atoms with Crippen molar-refractivity contribution in [1.29, 1.82) is 5.26 Å². The van der Waals surface area contributed by atoms with Crippen molar-refractivity contribution >= 4 is 15.8 Å². The SMILES string of the molecule is CC(C)(C)C(=O)ON1CCC(CC#N)(c2cccc(S(C)(=O)=O)c2)CC1. The Bertz CT molecular complexity index is 811. The van der Waals surface area contributed by atoms with Gasteiger partial charge in [-0.3, -0.25) is 0 Å². The van der Waals surface area contributed by atoms with E-state index in [0.29, 0.717) is 32.4 Å². The van der Waals surface area contributed by atoms with Crippen LogP contribution in [0.1, 0.15) is 45.6 Å². The fraction of sp³-hybridized carbons (Fsp3) is 0.579. The molecule has 0 atom stereocenters. The van der Waals surface area contributed by atoms with Crippen molar-refractivity contribution in [2.24, 2.45) is 5.41 Å². The van der Waals surface area contributed by atoms with Gasteiger partial charge in [-0.05, 0) is 51.3 Å². The molecule has 6 nitrogen and oxygen atoms in total. The zero-order valence-corrected chi connectivity index (χ0v) is 16.6. The number of rotatable bonds is 4. The lowest BCUT2D eigenvalue weighted by Gasteiger charge is -2.40. The summed E-state index contributed by atoms with van der Waals surface area (Å²) in [6, 6.07) is 9.07. The first kappa shape index (κ1) is 20.4. The first-order valence-corrected chi connectivity index (χ1v) is 10.5. The molecule has 1 aromatic rings. The summed E-state index contributed by atoms with van der Waals surface area (Å²) in [7, 11) is -3.31. The number of nitriles is 1. The lowest BCUT2D eigenvalue weighted by molar-refractivity contribution is -0.207. The van der Waals surface area contributed by atoms with Crippen LogP contribution in [0, 0.1) is 16.7 Å². The Morgan fingerprint density at radius 2 is 1.92 bits per heavy atom. The van der Waals surface area contributed by atoms with E-state index >= 15 is 0 Å². The molecule has 0 aromatic heterocycles. The maximum absolute atomic E-state index is 12.1. The minimum atomic E-state index is -3.31. The molecule has 0 amide bonds. The highest BCUT2D eigenvalue weighted by molar-refractivity contribution is 7.90. The second-order valence-electron chi connectivity index (χ2n) is 7.97. The highest BCUT2D eigenvalue weighted by Gasteiger charge is 2.38. The standard InChI is InChI=1S/C19H26N2O4S/c1-18(2,3)17(22)25-21-12-9-19(8-11-20,10-13-21)15-6-5-7-16(14-15)26(4,23)24/h5-7,14H,8-10,12-13H2,1-4H3. The van der Waals surface area contributed by atoms with Gasteiger partial charge in [-0.15, -0.1) is 5.06 Å². The first-order chi connectivity index (χ1) is 12.0. The lowest BCUT2D eigenvalue weighted by atomic mass is 9.71. The second-order valence-corrected chi connectivity index (χ2v) is 9.99. The average Bonchev–Trinajstić information content (AvgIpc) is 2.55. The molecule has 1 fully saturated rings. The summed E-state index contributed by atoms with van der Waals surface area (Å²) >= 11 is 0. The van der Waals surface area contributed by atoms with Gasteiger partial charge < -0.3 is 4.84 Å². The van der Waals surface area contributed by atoms with Crippen molar-refractivity contribution in [1.82, 2.24) is 5.06 Å². The normalized spacial score (nSPS) is 18.1. The summed E-state index contributed by atoms with van der Waals surface area (Å²) < 4.78 is 23.7. The van der Waals surface area contributed by atoms with Crippen LogP contribution in [-0.4, -0.2) is 38.8 Å². The van der Waals surface area contributed by atoms with Crippen LogP contribution >= 0.6 is 0 Å². The molecule has 0 unspecified atom stereocenters. The number of hydrogen-bond donors (Lipinski definition) is 0. The number of benzene rings is 1. The average molecular weight is 378 g/mol. The van der Waals surface area contributed by atoms with Gasteiger partial charge in [-0.2, -0.15) is 5.26 Å². The molecule has 1 aromatic carbocycles. The molecular formula is C19H26N2O4S. The third kappa shape index (κ3) is 4.63. The van der Waals surface area contributed by atoms with Crippen LogP contribution in [-0.2, 0) is 24.9 Å². The summed E-state index contributed by atoms with van der Waals surface area (Å²) in [4.78, 5) is 17.8. The van der Waals surface area contributed by atoms with E-state index in [1.54, 1.807) is 44.0 Å². The Morgan fingerprint density at radius 1 is 1.31 bits per heavy atom. The second kappa shape index (κ2) is 7.37. The number of piperidine rings is 1. The van der Waals surface area contributed by atoms with Gasteiger partial charge in [0.25, 0.3) is 0 Å². The molecule has 1 aliphatic heterocycles. The van der Waals surface area contributed by atoms with Crippen LogP contribution in [0.4, 0.5) is 0 Å². The van der Waals surface area contributed by atoms with Crippen molar-refractivity contribution in [3.8, 4) is 6.07 Å². The van der Waals surface area contributed by atoms with Crippen molar-refractivity contribution in [3.63, 3.8) is 0 Å². The van der Waals surface area contributed by atoms with Crippen LogP contribution in [0.15, 0.2) is 29.2 Å². The third-order valence-corrected chi connectivity index (χ3v) is 5.91. The summed E-state index contributed by atoms with van der Waals surface area (Å²) in [6.07, 6.45) is 2.70. The lowest BCUT2D eigenvalue weighted by Crippen LogP contribution is -2.44. The number of carbonyl (C=O) groups excluding carboxylic acids is 1. The van der Waals surface area contributed by atoms with E-state index in [0.717, 1.165) is 5.56 Å². The molecule has 2 rings (SSSR count). The fourth-order valence-electron chi connectivity index (χ4n) is 3.04.